The maximum atomic E-state index is 12.9. The number of hydrogen-bond donors (Lipinski definition) is 1. The standard InChI is InChI=1S/C24H26F6N2O4/c1-22(2,21(33)34)35-19-8-5-17(13-20(19)36-24(28,29)30)15-32-11-9-31(10-12-32)14-16-3-6-18(7-4-16)23(25,26)27/h3-8,13H,9-12,14-15H2,1-2H3,(H,33,34). The summed E-state index contributed by atoms with van der Waals surface area (Å²) < 4.78 is 86.3. The lowest BCUT2D eigenvalue weighted by Crippen LogP contribution is -2.45. The fourth-order valence-corrected chi connectivity index (χ4v) is 3.68. The number of piperazine rings is 1. The van der Waals surface area contributed by atoms with Gasteiger partial charge in [-0.1, -0.05) is 18.2 Å². The lowest BCUT2D eigenvalue weighted by atomic mass is 10.1. The maximum absolute atomic E-state index is 12.9. The van der Waals surface area contributed by atoms with Crippen molar-refractivity contribution in [2.75, 3.05) is 26.2 Å². The molecule has 1 fully saturated rings. The van der Waals surface area contributed by atoms with E-state index in [4.69, 9.17) is 4.74 Å². The Morgan fingerprint density at radius 2 is 1.31 bits per heavy atom. The molecule has 0 atom stereocenters. The van der Waals surface area contributed by atoms with Crippen LogP contribution in [0.3, 0.4) is 0 Å². The number of halogens is 6. The Labute approximate surface area is 204 Å². The zero-order chi connectivity index (χ0) is 26.7. The molecule has 0 radical (unpaired) electrons. The first-order valence-electron chi connectivity index (χ1n) is 11.0. The molecule has 0 aromatic heterocycles. The smallest absolute Gasteiger partial charge is 0.478 e. The second kappa shape index (κ2) is 10.6. The number of carbonyl (C=O) groups is 1. The Morgan fingerprint density at radius 3 is 1.78 bits per heavy atom. The molecule has 2 aromatic rings. The molecule has 1 heterocycles. The molecule has 198 valence electrons. The fourth-order valence-electron chi connectivity index (χ4n) is 3.68. The van der Waals surface area contributed by atoms with Crippen LogP contribution < -0.4 is 9.47 Å². The van der Waals surface area contributed by atoms with Gasteiger partial charge in [-0.05, 0) is 49.2 Å². The summed E-state index contributed by atoms with van der Waals surface area (Å²) in [7, 11) is 0. The predicted octanol–water partition coefficient (Wildman–Crippen LogP) is 5.16. The van der Waals surface area contributed by atoms with E-state index in [-0.39, 0.29) is 5.75 Å². The summed E-state index contributed by atoms with van der Waals surface area (Å²) in [5.74, 6) is -2.32. The highest BCUT2D eigenvalue weighted by Gasteiger charge is 2.35. The molecule has 0 saturated carbocycles. The minimum absolute atomic E-state index is 0.324. The third-order valence-electron chi connectivity index (χ3n) is 5.67. The van der Waals surface area contributed by atoms with E-state index >= 15 is 0 Å². The van der Waals surface area contributed by atoms with E-state index in [9.17, 15) is 36.2 Å². The summed E-state index contributed by atoms with van der Waals surface area (Å²) in [5, 5.41) is 9.21. The Kier molecular flexibility index (Phi) is 8.09. The number of rotatable bonds is 8. The lowest BCUT2D eigenvalue weighted by Gasteiger charge is -2.35. The molecule has 0 bridgehead atoms. The normalized spacial score (nSPS) is 16.1. The number of aliphatic carboxylic acids is 1. The average Bonchev–Trinajstić information content (AvgIpc) is 2.75. The van der Waals surface area contributed by atoms with Gasteiger partial charge in [0.25, 0.3) is 0 Å². The molecule has 3 rings (SSSR count). The van der Waals surface area contributed by atoms with Crippen molar-refractivity contribution in [2.24, 2.45) is 0 Å². The van der Waals surface area contributed by atoms with E-state index in [1.165, 1.54) is 38.1 Å². The molecule has 1 N–H and O–H groups in total. The van der Waals surface area contributed by atoms with Gasteiger partial charge in [-0.3, -0.25) is 9.80 Å². The number of nitrogens with zero attached hydrogens (tertiary/aromatic N) is 2. The van der Waals surface area contributed by atoms with Crippen LogP contribution in [-0.2, 0) is 24.1 Å². The van der Waals surface area contributed by atoms with Crippen molar-refractivity contribution in [3.05, 3.63) is 59.2 Å². The second-order valence-corrected chi connectivity index (χ2v) is 8.99. The van der Waals surface area contributed by atoms with Crippen LogP contribution in [0.5, 0.6) is 11.5 Å². The number of hydrogen-bond acceptors (Lipinski definition) is 5. The number of carboxylic acids is 1. The third-order valence-corrected chi connectivity index (χ3v) is 5.67. The lowest BCUT2D eigenvalue weighted by molar-refractivity contribution is -0.275. The van der Waals surface area contributed by atoms with E-state index < -0.39 is 35.4 Å². The van der Waals surface area contributed by atoms with Crippen LogP contribution in [0.4, 0.5) is 26.3 Å². The van der Waals surface area contributed by atoms with Crippen LogP contribution in [0, 0.1) is 0 Å². The second-order valence-electron chi connectivity index (χ2n) is 8.99. The van der Waals surface area contributed by atoms with Crippen molar-refractivity contribution >= 4 is 5.97 Å². The van der Waals surface area contributed by atoms with Crippen LogP contribution in [-0.4, -0.2) is 59.0 Å². The fraction of sp³-hybridized carbons (Fsp3) is 0.458. The number of benzene rings is 2. The van der Waals surface area contributed by atoms with Crippen molar-refractivity contribution in [2.45, 2.75) is 45.1 Å². The molecule has 1 aliphatic heterocycles. The van der Waals surface area contributed by atoms with E-state index in [1.54, 1.807) is 6.07 Å². The molecule has 2 aromatic carbocycles. The van der Waals surface area contributed by atoms with Gasteiger partial charge in [0, 0.05) is 39.3 Å². The van der Waals surface area contributed by atoms with E-state index in [1.807, 2.05) is 4.90 Å². The van der Waals surface area contributed by atoms with Crippen molar-refractivity contribution in [3.63, 3.8) is 0 Å². The van der Waals surface area contributed by atoms with Crippen LogP contribution in [0.2, 0.25) is 0 Å². The van der Waals surface area contributed by atoms with Crippen molar-refractivity contribution in [1.82, 2.24) is 9.80 Å². The molecule has 6 nitrogen and oxygen atoms in total. The first kappa shape index (κ1) is 27.6. The minimum atomic E-state index is -4.99. The van der Waals surface area contributed by atoms with Crippen molar-refractivity contribution < 1.29 is 45.7 Å². The van der Waals surface area contributed by atoms with Gasteiger partial charge in [0.2, 0.25) is 0 Å². The van der Waals surface area contributed by atoms with Crippen LogP contribution in [0.15, 0.2) is 42.5 Å². The molecule has 0 unspecified atom stereocenters. The largest absolute Gasteiger partial charge is 0.573 e. The summed E-state index contributed by atoms with van der Waals surface area (Å²) in [4.78, 5) is 15.4. The first-order chi connectivity index (χ1) is 16.6. The third kappa shape index (κ3) is 7.76. The highest BCUT2D eigenvalue weighted by molar-refractivity contribution is 5.77. The summed E-state index contributed by atoms with van der Waals surface area (Å²) in [6, 6.07) is 8.98. The Hall–Kier alpha value is -2.99. The minimum Gasteiger partial charge on any atom is -0.478 e. The summed E-state index contributed by atoms with van der Waals surface area (Å²) in [6.07, 6.45) is -9.38. The van der Waals surface area contributed by atoms with Gasteiger partial charge in [-0.25, -0.2) is 4.79 Å². The predicted molar refractivity (Wildman–Crippen MR) is 117 cm³/mol. The Balaban J connectivity index is 1.61. The molecular weight excluding hydrogens is 494 g/mol. The Bertz CT molecular complexity index is 1050. The molecule has 1 saturated heterocycles. The molecule has 1 aliphatic rings. The number of alkyl halides is 6. The van der Waals surface area contributed by atoms with Gasteiger partial charge in [0.05, 0.1) is 5.56 Å². The topological polar surface area (TPSA) is 62.2 Å². The van der Waals surface area contributed by atoms with Gasteiger partial charge >= 0.3 is 18.5 Å². The monoisotopic (exact) mass is 520 g/mol. The Morgan fingerprint density at radius 1 is 0.806 bits per heavy atom. The first-order valence-corrected chi connectivity index (χ1v) is 11.0. The molecule has 0 spiro atoms. The van der Waals surface area contributed by atoms with Crippen LogP contribution in [0.25, 0.3) is 0 Å². The quantitative estimate of drug-likeness (QED) is 0.485. The molecule has 0 aliphatic carbocycles. The van der Waals surface area contributed by atoms with Crippen molar-refractivity contribution in [3.8, 4) is 11.5 Å². The van der Waals surface area contributed by atoms with Gasteiger partial charge in [-0.2, -0.15) is 13.2 Å². The zero-order valence-corrected chi connectivity index (χ0v) is 19.6. The molecule has 0 amide bonds. The van der Waals surface area contributed by atoms with Gasteiger partial charge in [0.15, 0.2) is 17.1 Å². The SMILES string of the molecule is CC(C)(Oc1ccc(CN2CCN(Cc3ccc(C(F)(F)F)cc3)CC2)cc1OC(F)(F)F)C(=O)O. The molecular formula is C24H26F6N2O4. The maximum Gasteiger partial charge on any atom is 0.573 e. The zero-order valence-electron chi connectivity index (χ0n) is 19.6. The van der Waals surface area contributed by atoms with Gasteiger partial charge in [-0.15, -0.1) is 13.2 Å². The van der Waals surface area contributed by atoms with Crippen molar-refractivity contribution in [1.29, 1.82) is 0 Å². The highest BCUT2D eigenvalue weighted by Crippen LogP contribution is 2.36. The average molecular weight is 520 g/mol. The van der Waals surface area contributed by atoms with E-state index in [2.05, 4.69) is 9.64 Å². The van der Waals surface area contributed by atoms with Crippen LogP contribution >= 0.6 is 0 Å². The molecule has 36 heavy (non-hydrogen) atoms. The van der Waals surface area contributed by atoms with E-state index in [0.29, 0.717) is 44.8 Å². The van der Waals surface area contributed by atoms with E-state index in [0.717, 1.165) is 17.7 Å². The number of carboxylic acid groups (broad SMARTS) is 1. The van der Waals surface area contributed by atoms with Gasteiger partial charge < -0.3 is 14.6 Å². The molecule has 12 heteroatoms. The highest BCUT2D eigenvalue weighted by atomic mass is 19.4. The van der Waals surface area contributed by atoms with Crippen LogP contribution in [0.1, 0.15) is 30.5 Å². The summed E-state index contributed by atoms with van der Waals surface area (Å²) in [5.41, 5.74) is -1.20. The summed E-state index contributed by atoms with van der Waals surface area (Å²) in [6.45, 7) is 5.68. The number of ether oxygens (including phenoxy) is 2. The summed E-state index contributed by atoms with van der Waals surface area (Å²) >= 11 is 0. The van der Waals surface area contributed by atoms with Gasteiger partial charge in [0.1, 0.15) is 0 Å².